The van der Waals surface area contributed by atoms with Gasteiger partial charge >= 0.3 is 0 Å². The second kappa shape index (κ2) is 10.4. The lowest BCUT2D eigenvalue weighted by molar-refractivity contribution is 0.176. The molecule has 0 aromatic heterocycles. The molecule has 1 saturated heterocycles. The molecule has 25 heavy (non-hydrogen) atoms. The van der Waals surface area contributed by atoms with Gasteiger partial charge in [-0.25, -0.2) is 13.1 Å². The van der Waals surface area contributed by atoms with Gasteiger partial charge in [0.25, 0.3) is 0 Å². The summed E-state index contributed by atoms with van der Waals surface area (Å²) in [5.74, 6) is 1.29. The van der Waals surface area contributed by atoms with Crippen LogP contribution >= 0.6 is 45.8 Å². The quantitative estimate of drug-likeness (QED) is 0.260. The van der Waals surface area contributed by atoms with E-state index >= 15 is 0 Å². The summed E-state index contributed by atoms with van der Waals surface area (Å²) in [6, 6.07) is 0. The number of halogens is 3. The van der Waals surface area contributed by atoms with Crippen LogP contribution in [-0.4, -0.2) is 48.9 Å². The van der Waals surface area contributed by atoms with Crippen LogP contribution in [0, 0.1) is 11.8 Å². The van der Waals surface area contributed by atoms with Crippen LogP contribution < -0.4 is 15.4 Å². The number of hydrogen-bond acceptors (Lipinski definition) is 4. The molecule has 146 valence electrons. The maximum Gasteiger partial charge on any atom is 0.233 e. The van der Waals surface area contributed by atoms with Gasteiger partial charge in [-0.3, -0.25) is 0 Å². The molecule has 2 aliphatic rings. The highest BCUT2D eigenvalue weighted by Crippen LogP contribution is 2.42. The monoisotopic (exact) mass is 523 g/mol. The first-order valence-electron chi connectivity index (χ1n) is 8.83. The predicted octanol–water partition coefficient (Wildman–Crippen LogP) is 2.78. The summed E-state index contributed by atoms with van der Waals surface area (Å²) < 4.78 is 25.6. The maximum absolute atomic E-state index is 11.3. The van der Waals surface area contributed by atoms with Crippen molar-refractivity contribution in [1.29, 1.82) is 0 Å². The van der Waals surface area contributed by atoms with E-state index < -0.39 is 10.0 Å². The lowest BCUT2D eigenvalue weighted by atomic mass is 9.75. The molecule has 6 atom stereocenters. The third kappa shape index (κ3) is 7.08. The van der Waals surface area contributed by atoms with Crippen molar-refractivity contribution in [2.45, 2.75) is 52.9 Å². The normalized spacial score (nSPS) is 36.9. The molecule has 2 rings (SSSR count). The Labute approximate surface area is 175 Å². The average Bonchev–Trinajstić information content (AvgIpc) is 2.58. The SMILES string of the molecule is C=CS(=O)(=O)NCCCNC1CC(C2CC(Cl)C(Cl)CC2I)CCN1. The molecule has 0 amide bonds. The second-order valence-corrected chi connectivity index (χ2v) is 11.3. The maximum atomic E-state index is 11.3. The summed E-state index contributed by atoms with van der Waals surface area (Å²) in [7, 11) is -3.32. The highest BCUT2D eigenvalue weighted by Gasteiger charge is 2.39. The van der Waals surface area contributed by atoms with E-state index in [2.05, 4.69) is 44.5 Å². The molecule has 0 aromatic rings. The van der Waals surface area contributed by atoms with Crippen LogP contribution in [0.15, 0.2) is 12.0 Å². The van der Waals surface area contributed by atoms with E-state index in [1.165, 1.54) is 6.42 Å². The fourth-order valence-corrected chi connectivity index (χ4v) is 6.59. The highest BCUT2D eigenvalue weighted by atomic mass is 127. The first-order chi connectivity index (χ1) is 11.8. The Hall–Kier alpha value is 0.880. The number of alkyl halides is 3. The molecule has 0 bridgehead atoms. The number of nitrogens with one attached hydrogen (secondary N) is 3. The van der Waals surface area contributed by atoms with Crippen LogP contribution in [0.3, 0.4) is 0 Å². The molecule has 3 N–H and O–H groups in total. The molecule has 0 spiro atoms. The number of hydrogen-bond donors (Lipinski definition) is 3. The first kappa shape index (κ1) is 22.2. The molecule has 9 heteroatoms. The Balaban J connectivity index is 1.72. The molecular formula is C16H28Cl2IN3O2S. The van der Waals surface area contributed by atoms with Gasteiger partial charge in [-0.2, -0.15) is 0 Å². The number of rotatable bonds is 8. The number of sulfonamides is 1. The summed E-state index contributed by atoms with van der Waals surface area (Å²) in [5.41, 5.74) is 0. The summed E-state index contributed by atoms with van der Waals surface area (Å²) >= 11 is 15.3. The largest absolute Gasteiger partial charge is 0.302 e. The summed E-state index contributed by atoms with van der Waals surface area (Å²) in [4.78, 5) is 0. The van der Waals surface area contributed by atoms with Gasteiger partial charge in [0.1, 0.15) is 0 Å². The van der Waals surface area contributed by atoms with Crippen LogP contribution in [0.1, 0.15) is 32.1 Å². The van der Waals surface area contributed by atoms with Crippen LogP contribution in [0.25, 0.3) is 0 Å². The van der Waals surface area contributed by atoms with Gasteiger partial charge in [-0.1, -0.05) is 29.2 Å². The van der Waals surface area contributed by atoms with Crippen molar-refractivity contribution in [3.05, 3.63) is 12.0 Å². The fourth-order valence-electron chi connectivity index (χ4n) is 3.71. The van der Waals surface area contributed by atoms with Crippen molar-refractivity contribution in [3.63, 3.8) is 0 Å². The van der Waals surface area contributed by atoms with Crippen LogP contribution in [0.4, 0.5) is 0 Å². The molecule has 0 aromatic carbocycles. The van der Waals surface area contributed by atoms with E-state index in [-0.39, 0.29) is 16.9 Å². The van der Waals surface area contributed by atoms with E-state index in [1.54, 1.807) is 0 Å². The molecule has 1 heterocycles. The molecular weight excluding hydrogens is 496 g/mol. The Kier molecular flexibility index (Phi) is 9.25. The third-order valence-corrected chi connectivity index (χ3v) is 8.69. The van der Waals surface area contributed by atoms with Gasteiger partial charge in [0.05, 0.1) is 16.9 Å². The van der Waals surface area contributed by atoms with E-state index in [9.17, 15) is 8.42 Å². The minimum absolute atomic E-state index is 0.0804. The molecule has 0 radical (unpaired) electrons. The Morgan fingerprint density at radius 3 is 2.64 bits per heavy atom. The van der Waals surface area contributed by atoms with Gasteiger partial charge in [-0.15, -0.1) is 23.2 Å². The van der Waals surface area contributed by atoms with Crippen molar-refractivity contribution >= 4 is 55.8 Å². The Morgan fingerprint density at radius 2 is 1.92 bits per heavy atom. The van der Waals surface area contributed by atoms with Crippen LogP contribution in [0.2, 0.25) is 0 Å². The smallest absolute Gasteiger partial charge is 0.233 e. The molecule has 6 unspecified atom stereocenters. The average molecular weight is 524 g/mol. The van der Waals surface area contributed by atoms with Crippen LogP contribution in [-0.2, 0) is 10.0 Å². The second-order valence-electron chi connectivity index (χ2n) is 6.89. The molecule has 1 aliphatic heterocycles. The van der Waals surface area contributed by atoms with Crippen molar-refractivity contribution in [1.82, 2.24) is 15.4 Å². The van der Waals surface area contributed by atoms with Crippen LogP contribution in [0.5, 0.6) is 0 Å². The standard InChI is InChI=1S/C16H28Cl2IN3O2S/c1-2-25(23,24)22-6-3-5-20-16-8-11(4-7-21-16)12-9-13(17)14(18)10-15(12)19/h2,11-16,20-22H,1,3-10H2. The van der Waals surface area contributed by atoms with Crippen molar-refractivity contribution in [2.75, 3.05) is 19.6 Å². The highest BCUT2D eigenvalue weighted by molar-refractivity contribution is 14.1. The lowest BCUT2D eigenvalue weighted by Crippen LogP contribution is -2.51. The zero-order chi connectivity index (χ0) is 18.4. The van der Waals surface area contributed by atoms with Gasteiger partial charge < -0.3 is 10.6 Å². The van der Waals surface area contributed by atoms with E-state index in [0.29, 0.717) is 22.3 Å². The summed E-state index contributed by atoms with van der Waals surface area (Å²) in [6.45, 7) is 5.47. The van der Waals surface area contributed by atoms with Crippen molar-refractivity contribution < 1.29 is 8.42 Å². The Bertz CT molecular complexity index is 537. The summed E-state index contributed by atoms with van der Waals surface area (Å²) in [6.07, 6.45) is 5.28. The molecule has 1 saturated carbocycles. The van der Waals surface area contributed by atoms with Gasteiger partial charge in [0.15, 0.2) is 0 Å². The lowest BCUT2D eigenvalue weighted by Gasteiger charge is -2.42. The molecule has 2 fully saturated rings. The fraction of sp³-hybridized carbons (Fsp3) is 0.875. The molecule has 5 nitrogen and oxygen atoms in total. The minimum Gasteiger partial charge on any atom is -0.302 e. The number of piperidine rings is 1. The van der Waals surface area contributed by atoms with Gasteiger partial charge in [-0.05, 0) is 57.0 Å². The van der Waals surface area contributed by atoms with E-state index in [1.807, 2.05) is 0 Å². The van der Waals surface area contributed by atoms with Crippen molar-refractivity contribution in [2.24, 2.45) is 11.8 Å². The Morgan fingerprint density at radius 1 is 1.20 bits per heavy atom. The molecule has 1 aliphatic carbocycles. The first-order valence-corrected chi connectivity index (χ1v) is 12.5. The van der Waals surface area contributed by atoms with Gasteiger partial charge in [0, 0.05) is 15.9 Å². The zero-order valence-electron chi connectivity index (χ0n) is 14.3. The van der Waals surface area contributed by atoms with E-state index in [4.69, 9.17) is 23.2 Å². The van der Waals surface area contributed by atoms with Gasteiger partial charge in [0.2, 0.25) is 10.0 Å². The van der Waals surface area contributed by atoms with E-state index in [0.717, 1.165) is 44.2 Å². The van der Waals surface area contributed by atoms with Crippen molar-refractivity contribution in [3.8, 4) is 0 Å². The summed E-state index contributed by atoms with van der Waals surface area (Å²) in [5, 5.41) is 8.12. The third-order valence-electron chi connectivity index (χ3n) is 5.12. The minimum atomic E-state index is -3.32. The predicted molar refractivity (Wildman–Crippen MR) is 114 cm³/mol. The topological polar surface area (TPSA) is 70.2 Å². The zero-order valence-corrected chi connectivity index (χ0v) is 18.7.